The lowest BCUT2D eigenvalue weighted by Crippen LogP contribution is -2.38. The molecule has 2 aliphatic rings. The van der Waals surface area contributed by atoms with Gasteiger partial charge < -0.3 is 10.2 Å². The molecule has 0 unspecified atom stereocenters. The lowest BCUT2D eigenvalue weighted by Gasteiger charge is -2.37. The van der Waals surface area contributed by atoms with E-state index in [0.717, 1.165) is 44.5 Å². The fourth-order valence-corrected chi connectivity index (χ4v) is 4.78. The number of carbonyl (C=O) groups is 1. The molecule has 1 amide bonds. The number of benzene rings is 1. The number of fused-ring (bicyclic) bond motifs is 1. The maximum Gasteiger partial charge on any atom is 0.261 e. The Balaban J connectivity index is 0.00000240. The Morgan fingerprint density at radius 3 is 2.72 bits per heavy atom. The first-order valence-corrected chi connectivity index (χ1v) is 10.6. The van der Waals surface area contributed by atoms with Crippen LogP contribution in [0.5, 0.6) is 0 Å². The minimum Gasteiger partial charge on any atom is -0.343 e. The number of piperidine rings is 1. The van der Waals surface area contributed by atoms with Gasteiger partial charge >= 0.3 is 0 Å². The van der Waals surface area contributed by atoms with Crippen LogP contribution in [-0.2, 0) is 11.3 Å². The summed E-state index contributed by atoms with van der Waals surface area (Å²) in [6, 6.07) is 7.39. The average molecular weight is 419 g/mol. The van der Waals surface area contributed by atoms with Crippen LogP contribution in [0.1, 0.15) is 44.9 Å². The molecule has 1 spiro atoms. The molecule has 7 heteroatoms. The normalized spacial score (nSPS) is 19.0. The van der Waals surface area contributed by atoms with Gasteiger partial charge in [0.25, 0.3) is 5.56 Å². The van der Waals surface area contributed by atoms with Crippen molar-refractivity contribution in [3.05, 3.63) is 40.9 Å². The van der Waals surface area contributed by atoms with Gasteiger partial charge in [0.15, 0.2) is 0 Å². The summed E-state index contributed by atoms with van der Waals surface area (Å²) < 4.78 is 1.63. The van der Waals surface area contributed by atoms with E-state index in [1.165, 1.54) is 19.3 Å². The van der Waals surface area contributed by atoms with Crippen molar-refractivity contribution >= 4 is 29.2 Å². The van der Waals surface area contributed by atoms with Crippen LogP contribution in [0, 0.1) is 5.41 Å². The van der Waals surface area contributed by atoms with Crippen LogP contribution in [-0.4, -0.2) is 46.5 Å². The van der Waals surface area contributed by atoms with E-state index in [2.05, 4.69) is 15.2 Å². The van der Waals surface area contributed by atoms with Crippen molar-refractivity contribution < 1.29 is 4.79 Å². The number of carbonyl (C=O) groups excluding carboxylic acids is 1. The molecule has 0 aliphatic carbocycles. The maximum atomic E-state index is 12.7. The second-order valence-corrected chi connectivity index (χ2v) is 8.35. The Morgan fingerprint density at radius 1 is 1.10 bits per heavy atom. The van der Waals surface area contributed by atoms with E-state index in [9.17, 15) is 9.59 Å². The number of halogens is 1. The highest BCUT2D eigenvalue weighted by Crippen LogP contribution is 2.39. The van der Waals surface area contributed by atoms with Crippen LogP contribution in [0.2, 0.25) is 0 Å². The molecule has 4 rings (SSSR count). The summed E-state index contributed by atoms with van der Waals surface area (Å²) in [6.45, 7) is 4.53. The van der Waals surface area contributed by atoms with Gasteiger partial charge in [0, 0.05) is 26.1 Å². The summed E-state index contributed by atoms with van der Waals surface area (Å²) >= 11 is 0. The zero-order valence-electron chi connectivity index (χ0n) is 16.9. The summed E-state index contributed by atoms with van der Waals surface area (Å²) in [5.74, 6) is 0.229. The number of hydrogen-bond acceptors (Lipinski definition) is 4. The van der Waals surface area contributed by atoms with Crippen molar-refractivity contribution in [1.82, 2.24) is 19.8 Å². The molecule has 0 radical (unpaired) electrons. The van der Waals surface area contributed by atoms with Crippen molar-refractivity contribution in [3.8, 4) is 0 Å². The van der Waals surface area contributed by atoms with Crippen LogP contribution >= 0.6 is 12.4 Å². The number of nitrogens with zero attached hydrogens (tertiary/aromatic N) is 3. The number of nitrogens with one attached hydrogen (secondary N) is 1. The lowest BCUT2D eigenvalue weighted by molar-refractivity contribution is -0.131. The third-order valence-electron chi connectivity index (χ3n) is 6.59. The molecule has 2 saturated heterocycles. The third-order valence-corrected chi connectivity index (χ3v) is 6.59. The van der Waals surface area contributed by atoms with Gasteiger partial charge in [-0.3, -0.25) is 14.2 Å². The highest BCUT2D eigenvalue weighted by atomic mass is 35.5. The van der Waals surface area contributed by atoms with E-state index in [0.29, 0.717) is 30.2 Å². The van der Waals surface area contributed by atoms with Gasteiger partial charge in [0.05, 0.1) is 17.2 Å². The summed E-state index contributed by atoms with van der Waals surface area (Å²) in [7, 11) is 0. The quantitative estimate of drug-likeness (QED) is 0.828. The van der Waals surface area contributed by atoms with Crippen molar-refractivity contribution in [2.24, 2.45) is 5.41 Å². The molecule has 2 aliphatic heterocycles. The standard InChI is InChI=1S/C22H30N4O2.ClH/c27-20(25-15-4-8-22(11-16-25)9-12-23-13-10-22)7-3-14-26-17-24-19-6-2-1-5-18(19)21(26)28;/h1-2,5-6,17,23H,3-4,7-16H2;1H. The minimum absolute atomic E-state index is 0. The predicted molar refractivity (Wildman–Crippen MR) is 117 cm³/mol. The van der Waals surface area contributed by atoms with E-state index in [1.54, 1.807) is 17.0 Å². The molecule has 0 atom stereocenters. The number of para-hydroxylation sites is 1. The summed E-state index contributed by atoms with van der Waals surface area (Å²) in [4.78, 5) is 31.7. The van der Waals surface area contributed by atoms with E-state index in [4.69, 9.17) is 0 Å². The number of aromatic nitrogens is 2. The topological polar surface area (TPSA) is 67.2 Å². The summed E-state index contributed by atoms with van der Waals surface area (Å²) in [5, 5.41) is 4.09. The van der Waals surface area contributed by atoms with Crippen molar-refractivity contribution in [2.45, 2.75) is 51.5 Å². The predicted octanol–water partition coefficient (Wildman–Crippen LogP) is 2.98. The van der Waals surface area contributed by atoms with Gasteiger partial charge in [-0.15, -0.1) is 12.4 Å². The first kappa shape index (κ1) is 21.8. The molecule has 0 saturated carbocycles. The van der Waals surface area contributed by atoms with Crippen LogP contribution in [0.4, 0.5) is 0 Å². The number of rotatable bonds is 4. The van der Waals surface area contributed by atoms with Crippen molar-refractivity contribution in [1.29, 1.82) is 0 Å². The molecule has 1 aromatic heterocycles. The third kappa shape index (κ3) is 4.98. The Morgan fingerprint density at radius 2 is 1.90 bits per heavy atom. The number of amides is 1. The highest BCUT2D eigenvalue weighted by molar-refractivity contribution is 5.85. The van der Waals surface area contributed by atoms with Crippen molar-refractivity contribution in [3.63, 3.8) is 0 Å². The number of aryl methyl sites for hydroxylation is 1. The second-order valence-electron chi connectivity index (χ2n) is 8.35. The molecule has 2 fully saturated rings. The van der Waals surface area contributed by atoms with Gasteiger partial charge in [-0.05, 0) is 69.2 Å². The van der Waals surface area contributed by atoms with Crippen LogP contribution in [0.3, 0.4) is 0 Å². The van der Waals surface area contributed by atoms with E-state index >= 15 is 0 Å². The van der Waals surface area contributed by atoms with Gasteiger partial charge in [0.2, 0.25) is 5.91 Å². The summed E-state index contributed by atoms with van der Waals surface area (Å²) in [6.07, 6.45) is 8.74. The van der Waals surface area contributed by atoms with Crippen LogP contribution in [0.25, 0.3) is 10.9 Å². The largest absolute Gasteiger partial charge is 0.343 e. The molecule has 3 heterocycles. The maximum absolute atomic E-state index is 12.7. The number of likely N-dealkylation sites (tertiary alicyclic amines) is 1. The monoisotopic (exact) mass is 418 g/mol. The van der Waals surface area contributed by atoms with Gasteiger partial charge in [-0.2, -0.15) is 0 Å². The molecule has 1 N–H and O–H groups in total. The van der Waals surface area contributed by atoms with Crippen LogP contribution < -0.4 is 10.9 Å². The molecular formula is C22H31ClN4O2. The Hall–Kier alpha value is -1.92. The zero-order valence-corrected chi connectivity index (χ0v) is 17.8. The lowest BCUT2D eigenvalue weighted by atomic mass is 9.73. The van der Waals surface area contributed by atoms with Gasteiger partial charge in [0.1, 0.15) is 0 Å². The molecular weight excluding hydrogens is 388 g/mol. The number of hydrogen-bond donors (Lipinski definition) is 1. The molecule has 158 valence electrons. The SMILES string of the molecule is Cl.O=C(CCCn1cnc2ccccc2c1=O)N1CCCC2(CCNCC2)CC1. The molecule has 29 heavy (non-hydrogen) atoms. The zero-order chi connectivity index (χ0) is 19.4. The Labute approximate surface area is 178 Å². The van der Waals surface area contributed by atoms with Gasteiger partial charge in [-0.25, -0.2) is 4.98 Å². The summed E-state index contributed by atoms with van der Waals surface area (Å²) in [5.41, 5.74) is 1.14. The van der Waals surface area contributed by atoms with Crippen molar-refractivity contribution in [2.75, 3.05) is 26.2 Å². The van der Waals surface area contributed by atoms with Gasteiger partial charge in [-0.1, -0.05) is 12.1 Å². The molecule has 0 bridgehead atoms. The molecule has 6 nitrogen and oxygen atoms in total. The smallest absolute Gasteiger partial charge is 0.261 e. The average Bonchev–Trinajstić information content (AvgIpc) is 2.93. The first-order valence-electron chi connectivity index (χ1n) is 10.6. The first-order chi connectivity index (χ1) is 13.7. The van der Waals surface area contributed by atoms with E-state index in [1.807, 2.05) is 18.2 Å². The Bertz CT molecular complexity index is 892. The van der Waals surface area contributed by atoms with E-state index in [-0.39, 0.29) is 23.9 Å². The van der Waals surface area contributed by atoms with E-state index < -0.39 is 0 Å². The fourth-order valence-electron chi connectivity index (χ4n) is 4.78. The highest BCUT2D eigenvalue weighted by Gasteiger charge is 2.34. The fraction of sp³-hybridized carbons (Fsp3) is 0.591. The molecule has 2 aromatic rings. The Kier molecular flexibility index (Phi) is 7.30. The second kappa shape index (κ2) is 9.72. The van der Waals surface area contributed by atoms with Crippen LogP contribution in [0.15, 0.2) is 35.4 Å². The molecule has 1 aromatic carbocycles. The minimum atomic E-state index is -0.0272.